The summed E-state index contributed by atoms with van der Waals surface area (Å²) in [6.45, 7) is 4.11. The van der Waals surface area contributed by atoms with Crippen LogP contribution in [0.5, 0.6) is 5.75 Å². The van der Waals surface area contributed by atoms with Gasteiger partial charge in [0.2, 0.25) is 0 Å². The standard InChI is InChI=1S/C13H21NO3/c1-11(10-15-2)16-7-8-17-13-6-4-3-5-12(13)9-14/h3-6,11H,7-10,14H2,1-2H3. The Morgan fingerprint density at radius 3 is 2.71 bits per heavy atom. The molecule has 0 saturated heterocycles. The third kappa shape index (κ3) is 5.17. The van der Waals surface area contributed by atoms with E-state index < -0.39 is 0 Å². The van der Waals surface area contributed by atoms with Crippen LogP contribution >= 0.6 is 0 Å². The Labute approximate surface area is 103 Å². The maximum Gasteiger partial charge on any atom is 0.123 e. The Morgan fingerprint density at radius 2 is 2.00 bits per heavy atom. The second-order valence-corrected chi connectivity index (χ2v) is 3.80. The maximum absolute atomic E-state index is 5.61. The molecule has 0 spiro atoms. The number of benzene rings is 1. The van der Waals surface area contributed by atoms with Gasteiger partial charge in [0.1, 0.15) is 12.4 Å². The molecule has 4 nitrogen and oxygen atoms in total. The van der Waals surface area contributed by atoms with Crippen LogP contribution in [0.25, 0.3) is 0 Å². The van der Waals surface area contributed by atoms with Gasteiger partial charge in [-0.15, -0.1) is 0 Å². The molecule has 0 aromatic heterocycles. The Hall–Kier alpha value is -1.10. The molecule has 96 valence electrons. The number of methoxy groups -OCH3 is 1. The third-order valence-electron chi connectivity index (χ3n) is 2.34. The SMILES string of the molecule is COCC(C)OCCOc1ccccc1CN. The van der Waals surface area contributed by atoms with E-state index in [9.17, 15) is 0 Å². The van der Waals surface area contributed by atoms with Crippen LogP contribution in [0.3, 0.4) is 0 Å². The number of rotatable bonds is 8. The smallest absolute Gasteiger partial charge is 0.123 e. The van der Waals surface area contributed by atoms with Gasteiger partial charge in [-0.3, -0.25) is 0 Å². The molecule has 1 atom stereocenters. The zero-order chi connectivity index (χ0) is 12.5. The molecule has 1 aromatic rings. The summed E-state index contributed by atoms with van der Waals surface area (Å²) >= 11 is 0. The van der Waals surface area contributed by atoms with Crippen molar-refractivity contribution in [2.24, 2.45) is 5.73 Å². The van der Waals surface area contributed by atoms with E-state index in [0.717, 1.165) is 11.3 Å². The Kier molecular flexibility index (Phi) is 6.62. The molecule has 1 rings (SSSR count). The van der Waals surface area contributed by atoms with Gasteiger partial charge in [0.05, 0.1) is 19.3 Å². The normalized spacial score (nSPS) is 12.4. The molecule has 4 heteroatoms. The highest BCUT2D eigenvalue weighted by Crippen LogP contribution is 2.16. The molecule has 0 aliphatic carbocycles. The van der Waals surface area contributed by atoms with Crippen molar-refractivity contribution in [2.75, 3.05) is 26.9 Å². The predicted molar refractivity (Wildman–Crippen MR) is 67.1 cm³/mol. The zero-order valence-electron chi connectivity index (χ0n) is 10.5. The Balaban J connectivity index is 2.26. The second kappa shape index (κ2) is 8.06. The van der Waals surface area contributed by atoms with Gasteiger partial charge in [0.15, 0.2) is 0 Å². The summed E-state index contributed by atoms with van der Waals surface area (Å²) < 4.78 is 16.1. The van der Waals surface area contributed by atoms with Crippen LogP contribution in [0, 0.1) is 0 Å². The molecule has 0 radical (unpaired) electrons. The van der Waals surface area contributed by atoms with Crippen molar-refractivity contribution in [3.8, 4) is 5.75 Å². The van der Waals surface area contributed by atoms with Crippen molar-refractivity contribution in [2.45, 2.75) is 19.6 Å². The minimum absolute atomic E-state index is 0.0911. The Bertz CT molecular complexity index is 317. The predicted octanol–water partition coefficient (Wildman–Crippen LogP) is 1.58. The number of ether oxygens (including phenoxy) is 3. The second-order valence-electron chi connectivity index (χ2n) is 3.80. The van der Waals surface area contributed by atoms with E-state index >= 15 is 0 Å². The van der Waals surface area contributed by atoms with Crippen molar-refractivity contribution in [3.05, 3.63) is 29.8 Å². The van der Waals surface area contributed by atoms with E-state index in [0.29, 0.717) is 26.4 Å². The summed E-state index contributed by atoms with van der Waals surface area (Å²) in [6.07, 6.45) is 0.0911. The summed E-state index contributed by atoms with van der Waals surface area (Å²) in [6, 6.07) is 7.76. The van der Waals surface area contributed by atoms with Gasteiger partial charge < -0.3 is 19.9 Å². The molecule has 1 unspecified atom stereocenters. The first-order valence-electron chi connectivity index (χ1n) is 5.79. The lowest BCUT2D eigenvalue weighted by Crippen LogP contribution is -2.18. The van der Waals surface area contributed by atoms with Crippen LogP contribution in [0.1, 0.15) is 12.5 Å². The molecule has 2 N–H and O–H groups in total. The number of para-hydroxylation sites is 1. The highest BCUT2D eigenvalue weighted by molar-refractivity contribution is 5.32. The summed E-state index contributed by atoms with van der Waals surface area (Å²) in [5.41, 5.74) is 6.63. The monoisotopic (exact) mass is 239 g/mol. The van der Waals surface area contributed by atoms with Gasteiger partial charge in [-0.2, -0.15) is 0 Å². The van der Waals surface area contributed by atoms with E-state index in [1.165, 1.54) is 0 Å². The van der Waals surface area contributed by atoms with Gasteiger partial charge in [-0.1, -0.05) is 18.2 Å². The van der Waals surface area contributed by atoms with Crippen LogP contribution < -0.4 is 10.5 Å². The van der Waals surface area contributed by atoms with Crippen LogP contribution in [-0.4, -0.2) is 33.0 Å². The molecular weight excluding hydrogens is 218 g/mol. The summed E-state index contributed by atoms with van der Waals surface area (Å²) in [5.74, 6) is 0.831. The summed E-state index contributed by atoms with van der Waals surface area (Å²) in [4.78, 5) is 0. The number of hydrogen-bond acceptors (Lipinski definition) is 4. The Morgan fingerprint density at radius 1 is 1.24 bits per heavy atom. The van der Waals surface area contributed by atoms with Gasteiger partial charge in [0.25, 0.3) is 0 Å². The van der Waals surface area contributed by atoms with Crippen molar-refractivity contribution in [1.29, 1.82) is 0 Å². The summed E-state index contributed by atoms with van der Waals surface area (Å²) in [7, 11) is 1.66. The molecule has 0 bridgehead atoms. The molecule has 0 fully saturated rings. The van der Waals surface area contributed by atoms with Gasteiger partial charge in [-0.25, -0.2) is 0 Å². The van der Waals surface area contributed by atoms with Crippen LogP contribution in [0.4, 0.5) is 0 Å². The first kappa shape index (κ1) is 14.0. The lowest BCUT2D eigenvalue weighted by atomic mass is 10.2. The van der Waals surface area contributed by atoms with E-state index in [4.69, 9.17) is 19.9 Å². The number of hydrogen-bond donors (Lipinski definition) is 1. The van der Waals surface area contributed by atoms with Gasteiger partial charge in [-0.05, 0) is 13.0 Å². The molecule has 0 saturated carbocycles. The van der Waals surface area contributed by atoms with Gasteiger partial charge >= 0.3 is 0 Å². The summed E-state index contributed by atoms with van der Waals surface area (Å²) in [5, 5.41) is 0. The molecule has 0 aliphatic heterocycles. The minimum Gasteiger partial charge on any atom is -0.491 e. The average molecular weight is 239 g/mol. The van der Waals surface area contributed by atoms with Crippen molar-refractivity contribution >= 4 is 0 Å². The molecule has 0 amide bonds. The van der Waals surface area contributed by atoms with Crippen molar-refractivity contribution in [3.63, 3.8) is 0 Å². The fourth-order valence-electron chi connectivity index (χ4n) is 1.50. The van der Waals surface area contributed by atoms with E-state index in [-0.39, 0.29) is 6.10 Å². The van der Waals surface area contributed by atoms with Crippen molar-refractivity contribution < 1.29 is 14.2 Å². The molecule has 17 heavy (non-hydrogen) atoms. The average Bonchev–Trinajstić information content (AvgIpc) is 2.35. The fraction of sp³-hybridized carbons (Fsp3) is 0.538. The fourth-order valence-corrected chi connectivity index (χ4v) is 1.50. The first-order valence-corrected chi connectivity index (χ1v) is 5.79. The lowest BCUT2D eigenvalue weighted by Gasteiger charge is -2.13. The highest BCUT2D eigenvalue weighted by Gasteiger charge is 2.03. The molecule has 0 heterocycles. The number of nitrogens with two attached hydrogens (primary N) is 1. The van der Waals surface area contributed by atoms with E-state index in [1.807, 2.05) is 31.2 Å². The van der Waals surface area contributed by atoms with E-state index in [2.05, 4.69) is 0 Å². The largest absolute Gasteiger partial charge is 0.491 e. The van der Waals surface area contributed by atoms with E-state index in [1.54, 1.807) is 7.11 Å². The third-order valence-corrected chi connectivity index (χ3v) is 2.34. The maximum atomic E-state index is 5.61. The highest BCUT2D eigenvalue weighted by atomic mass is 16.5. The van der Waals surface area contributed by atoms with Gasteiger partial charge in [0, 0.05) is 19.2 Å². The topological polar surface area (TPSA) is 53.7 Å². The zero-order valence-corrected chi connectivity index (χ0v) is 10.5. The quantitative estimate of drug-likeness (QED) is 0.700. The van der Waals surface area contributed by atoms with Crippen molar-refractivity contribution in [1.82, 2.24) is 0 Å². The minimum atomic E-state index is 0.0911. The van der Waals surface area contributed by atoms with Crippen LogP contribution in [-0.2, 0) is 16.0 Å². The van der Waals surface area contributed by atoms with Crippen LogP contribution in [0.15, 0.2) is 24.3 Å². The first-order chi connectivity index (χ1) is 8.27. The van der Waals surface area contributed by atoms with Crippen LogP contribution in [0.2, 0.25) is 0 Å². The molecule has 0 aliphatic rings. The molecular formula is C13H21NO3. The lowest BCUT2D eigenvalue weighted by molar-refractivity contribution is -0.00222. The molecule has 1 aromatic carbocycles.